The number of furan rings is 1. The first-order valence-corrected chi connectivity index (χ1v) is 6.84. The third-order valence-electron chi connectivity index (χ3n) is 2.86. The Hall–Kier alpha value is -2.76. The van der Waals surface area contributed by atoms with Gasteiger partial charge >= 0.3 is 11.9 Å². The molecule has 1 aromatic heterocycles. The van der Waals surface area contributed by atoms with E-state index in [1.54, 1.807) is 38.1 Å². The number of rotatable bonds is 5. The third-order valence-corrected chi connectivity index (χ3v) is 2.86. The van der Waals surface area contributed by atoms with Gasteiger partial charge in [0.25, 0.3) is 0 Å². The minimum atomic E-state index is -0.833. The monoisotopic (exact) mass is 304 g/mol. The van der Waals surface area contributed by atoms with Crippen molar-refractivity contribution in [2.24, 2.45) is 0 Å². The highest BCUT2D eigenvalue weighted by Gasteiger charge is 2.23. The van der Waals surface area contributed by atoms with Gasteiger partial charge in [-0.25, -0.2) is 9.59 Å². The van der Waals surface area contributed by atoms with E-state index in [9.17, 15) is 14.7 Å². The van der Waals surface area contributed by atoms with E-state index in [-0.39, 0.29) is 30.3 Å². The number of para-hydroxylation sites is 1. The largest absolute Gasteiger partial charge is 0.504 e. The molecule has 0 bridgehead atoms. The molecule has 0 spiro atoms. The molecule has 22 heavy (non-hydrogen) atoms. The van der Waals surface area contributed by atoms with Gasteiger partial charge in [-0.15, -0.1) is 0 Å². The predicted molar refractivity (Wildman–Crippen MR) is 79.1 cm³/mol. The number of carbonyl (C=O) groups is 2. The average molecular weight is 304 g/mol. The van der Waals surface area contributed by atoms with Crippen LogP contribution < -0.4 is 0 Å². The number of hydrogen-bond donors (Lipinski definition) is 1. The van der Waals surface area contributed by atoms with Crippen LogP contribution in [0.5, 0.6) is 5.75 Å². The maximum Gasteiger partial charge on any atom is 0.345 e. The van der Waals surface area contributed by atoms with Crippen LogP contribution in [0.25, 0.3) is 17.0 Å². The lowest BCUT2D eigenvalue weighted by Crippen LogP contribution is -2.18. The van der Waals surface area contributed by atoms with Crippen LogP contribution in [0.1, 0.15) is 19.6 Å². The first-order valence-electron chi connectivity index (χ1n) is 6.84. The Morgan fingerprint density at radius 2 is 1.73 bits per heavy atom. The summed E-state index contributed by atoms with van der Waals surface area (Å²) < 4.78 is 15.1. The van der Waals surface area contributed by atoms with Crippen LogP contribution in [0.2, 0.25) is 0 Å². The molecule has 0 fully saturated rings. The van der Waals surface area contributed by atoms with Crippen LogP contribution in [0.3, 0.4) is 0 Å². The Balaban J connectivity index is 2.48. The molecule has 0 radical (unpaired) electrons. The molecule has 1 aromatic carbocycles. The normalized spacial score (nSPS) is 10.3. The lowest BCUT2D eigenvalue weighted by Gasteiger charge is -2.05. The van der Waals surface area contributed by atoms with E-state index in [0.717, 1.165) is 6.08 Å². The zero-order valence-corrected chi connectivity index (χ0v) is 12.3. The SMILES string of the molecule is CCOC(=O)C(=Cc1oc2ccccc2c1O)C(=O)OCC. The van der Waals surface area contributed by atoms with E-state index in [2.05, 4.69) is 0 Å². The van der Waals surface area contributed by atoms with Crippen molar-refractivity contribution in [3.63, 3.8) is 0 Å². The number of benzene rings is 1. The Morgan fingerprint density at radius 1 is 1.14 bits per heavy atom. The summed E-state index contributed by atoms with van der Waals surface area (Å²) in [5, 5.41) is 10.6. The Labute approximate surface area is 126 Å². The summed E-state index contributed by atoms with van der Waals surface area (Å²) in [6.07, 6.45) is 1.13. The van der Waals surface area contributed by atoms with Gasteiger partial charge in [-0.3, -0.25) is 0 Å². The van der Waals surface area contributed by atoms with E-state index in [1.807, 2.05) is 0 Å². The molecule has 1 N–H and O–H groups in total. The maximum absolute atomic E-state index is 11.9. The topological polar surface area (TPSA) is 86.0 Å². The summed E-state index contributed by atoms with van der Waals surface area (Å²) in [6.45, 7) is 3.47. The zero-order chi connectivity index (χ0) is 16.1. The first-order chi connectivity index (χ1) is 10.6. The predicted octanol–water partition coefficient (Wildman–Crippen LogP) is 2.65. The average Bonchev–Trinajstić information content (AvgIpc) is 2.82. The van der Waals surface area contributed by atoms with Crippen molar-refractivity contribution < 1.29 is 28.6 Å². The van der Waals surface area contributed by atoms with Crippen molar-refractivity contribution in [1.29, 1.82) is 0 Å². The second kappa shape index (κ2) is 6.80. The van der Waals surface area contributed by atoms with Crippen molar-refractivity contribution in [3.8, 4) is 5.75 Å². The van der Waals surface area contributed by atoms with Gasteiger partial charge in [-0.1, -0.05) is 12.1 Å². The summed E-state index contributed by atoms with van der Waals surface area (Å²) in [5.41, 5.74) is 0.108. The first kappa shape index (κ1) is 15.6. The zero-order valence-electron chi connectivity index (χ0n) is 12.3. The molecule has 6 heteroatoms. The summed E-state index contributed by atoms with van der Waals surface area (Å²) in [6, 6.07) is 6.82. The highest BCUT2D eigenvalue weighted by molar-refractivity contribution is 6.18. The van der Waals surface area contributed by atoms with Crippen molar-refractivity contribution in [3.05, 3.63) is 35.6 Å². The summed E-state index contributed by atoms with van der Waals surface area (Å²) in [7, 11) is 0. The van der Waals surface area contributed by atoms with E-state index in [1.165, 1.54) is 0 Å². The second-order valence-corrected chi connectivity index (χ2v) is 4.31. The standard InChI is InChI=1S/C16H16O6/c1-3-20-15(18)11(16(19)21-4-2)9-13-14(17)10-7-5-6-8-12(10)22-13/h5-9,17H,3-4H2,1-2H3. The van der Waals surface area contributed by atoms with Gasteiger partial charge in [0.2, 0.25) is 0 Å². The van der Waals surface area contributed by atoms with Crippen LogP contribution in [0.4, 0.5) is 0 Å². The Morgan fingerprint density at radius 3 is 2.27 bits per heavy atom. The van der Waals surface area contributed by atoms with E-state index in [4.69, 9.17) is 13.9 Å². The fourth-order valence-electron chi connectivity index (χ4n) is 1.90. The number of ether oxygens (including phenoxy) is 2. The molecule has 0 saturated heterocycles. The number of carbonyl (C=O) groups excluding carboxylic acids is 2. The van der Waals surface area contributed by atoms with Gasteiger partial charge in [0, 0.05) is 6.08 Å². The fourth-order valence-corrected chi connectivity index (χ4v) is 1.90. The summed E-state index contributed by atoms with van der Waals surface area (Å²) in [5.74, 6) is -1.82. The number of fused-ring (bicyclic) bond motifs is 1. The van der Waals surface area contributed by atoms with Gasteiger partial charge in [0.15, 0.2) is 11.5 Å². The minimum absolute atomic E-state index is 0.00249. The van der Waals surface area contributed by atoms with Crippen molar-refractivity contribution in [2.75, 3.05) is 13.2 Å². The third kappa shape index (κ3) is 3.11. The molecular formula is C16H16O6. The Kier molecular flexibility index (Phi) is 4.83. The molecule has 6 nitrogen and oxygen atoms in total. The molecule has 1 heterocycles. The molecule has 0 aliphatic heterocycles. The van der Waals surface area contributed by atoms with Gasteiger partial charge in [0.05, 0.1) is 18.6 Å². The molecule has 2 aromatic rings. The molecule has 0 unspecified atom stereocenters. The molecule has 116 valence electrons. The molecule has 2 rings (SSSR count). The lowest BCUT2D eigenvalue weighted by atomic mass is 10.2. The minimum Gasteiger partial charge on any atom is -0.504 e. The number of aromatic hydroxyl groups is 1. The van der Waals surface area contributed by atoms with Crippen LogP contribution in [0.15, 0.2) is 34.3 Å². The van der Waals surface area contributed by atoms with Gasteiger partial charge in [-0.05, 0) is 26.0 Å². The highest BCUT2D eigenvalue weighted by Crippen LogP contribution is 2.33. The summed E-state index contributed by atoms with van der Waals surface area (Å²) >= 11 is 0. The van der Waals surface area contributed by atoms with Crippen LogP contribution in [-0.4, -0.2) is 30.3 Å². The maximum atomic E-state index is 11.9. The fraction of sp³-hybridized carbons (Fsp3) is 0.250. The van der Waals surface area contributed by atoms with E-state index < -0.39 is 11.9 Å². The lowest BCUT2D eigenvalue weighted by molar-refractivity contribution is -0.146. The molecule has 0 aliphatic carbocycles. The molecule has 0 atom stereocenters. The second-order valence-electron chi connectivity index (χ2n) is 4.31. The molecule has 0 saturated carbocycles. The van der Waals surface area contributed by atoms with Crippen LogP contribution >= 0.6 is 0 Å². The summed E-state index contributed by atoms with van der Waals surface area (Å²) in [4.78, 5) is 23.8. The van der Waals surface area contributed by atoms with Gasteiger partial charge in [0.1, 0.15) is 11.2 Å². The Bertz CT molecular complexity index is 705. The quantitative estimate of drug-likeness (QED) is 0.395. The van der Waals surface area contributed by atoms with Crippen LogP contribution in [0, 0.1) is 0 Å². The molecule has 0 aliphatic rings. The van der Waals surface area contributed by atoms with Gasteiger partial charge < -0.3 is 19.0 Å². The van der Waals surface area contributed by atoms with Gasteiger partial charge in [-0.2, -0.15) is 0 Å². The molecule has 0 amide bonds. The number of esters is 2. The van der Waals surface area contributed by atoms with Crippen molar-refractivity contribution >= 4 is 29.0 Å². The number of hydrogen-bond acceptors (Lipinski definition) is 6. The molecular weight excluding hydrogens is 288 g/mol. The van der Waals surface area contributed by atoms with Crippen molar-refractivity contribution in [2.45, 2.75) is 13.8 Å². The highest BCUT2D eigenvalue weighted by atomic mass is 16.6. The smallest absolute Gasteiger partial charge is 0.345 e. The van der Waals surface area contributed by atoms with E-state index in [0.29, 0.717) is 11.0 Å². The van der Waals surface area contributed by atoms with Crippen molar-refractivity contribution in [1.82, 2.24) is 0 Å². The van der Waals surface area contributed by atoms with Crippen LogP contribution in [-0.2, 0) is 19.1 Å². The van der Waals surface area contributed by atoms with E-state index >= 15 is 0 Å².